The third-order valence-corrected chi connectivity index (χ3v) is 6.48. The zero-order valence-electron chi connectivity index (χ0n) is 14.8. The van der Waals surface area contributed by atoms with Crippen molar-refractivity contribution in [2.24, 2.45) is 0 Å². The van der Waals surface area contributed by atoms with Gasteiger partial charge in [-0.3, -0.25) is 0 Å². The van der Waals surface area contributed by atoms with Gasteiger partial charge in [0.1, 0.15) is 11.2 Å². The van der Waals surface area contributed by atoms with Gasteiger partial charge in [-0.25, -0.2) is 14.5 Å². The van der Waals surface area contributed by atoms with E-state index in [2.05, 4.69) is 60.4 Å². The second-order valence-corrected chi connectivity index (χ2v) is 8.14. The third-order valence-electron chi connectivity index (χ3n) is 5.32. The van der Waals surface area contributed by atoms with E-state index in [-0.39, 0.29) is 0 Å². The van der Waals surface area contributed by atoms with Gasteiger partial charge in [-0.05, 0) is 30.9 Å². The summed E-state index contributed by atoms with van der Waals surface area (Å²) in [5.41, 5.74) is 7.18. The van der Waals surface area contributed by atoms with Crippen LogP contribution in [0.2, 0.25) is 0 Å². The summed E-state index contributed by atoms with van der Waals surface area (Å²) in [6, 6.07) is 17.0. The van der Waals surface area contributed by atoms with Crippen molar-refractivity contribution in [1.29, 1.82) is 0 Å². The van der Waals surface area contributed by atoms with Crippen molar-refractivity contribution in [2.45, 2.75) is 19.8 Å². The van der Waals surface area contributed by atoms with E-state index in [1.165, 1.54) is 27.1 Å². The van der Waals surface area contributed by atoms with Crippen molar-refractivity contribution in [1.82, 2.24) is 19.6 Å². The maximum absolute atomic E-state index is 4.91. The van der Waals surface area contributed by atoms with Crippen LogP contribution in [0.4, 0.5) is 0 Å². The SMILES string of the molecule is Cc1ccc(-c2nc3c4c5c(sc4ncn3n2)CCc2ccccc2-5)cc1. The number of hydrogen-bond donors (Lipinski definition) is 0. The Morgan fingerprint density at radius 1 is 1.00 bits per heavy atom. The lowest BCUT2D eigenvalue weighted by atomic mass is 9.89. The van der Waals surface area contributed by atoms with Crippen LogP contribution in [0.5, 0.6) is 0 Å². The first-order valence-corrected chi connectivity index (χ1v) is 9.92. The second kappa shape index (κ2) is 5.47. The maximum Gasteiger partial charge on any atom is 0.182 e. The minimum Gasteiger partial charge on any atom is -0.225 e. The predicted molar refractivity (Wildman–Crippen MR) is 109 cm³/mol. The number of aryl methyl sites for hydroxylation is 3. The van der Waals surface area contributed by atoms with Gasteiger partial charge in [-0.1, -0.05) is 54.1 Å². The first-order valence-electron chi connectivity index (χ1n) is 9.10. The average molecular weight is 368 g/mol. The van der Waals surface area contributed by atoms with Crippen LogP contribution in [0, 0.1) is 6.92 Å². The van der Waals surface area contributed by atoms with Gasteiger partial charge < -0.3 is 0 Å². The third kappa shape index (κ3) is 2.18. The quantitative estimate of drug-likeness (QED) is 0.414. The summed E-state index contributed by atoms with van der Waals surface area (Å²) >= 11 is 1.79. The number of benzene rings is 2. The van der Waals surface area contributed by atoms with E-state index in [1.54, 1.807) is 17.7 Å². The number of thiophene rings is 1. The van der Waals surface area contributed by atoms with Crippen molar-refractivity contribution < 1.29 is 0 Å². The largest absolute Gasteiger partial charge is 0.225 e. The van der Waals surface area contributed by atoms with Gasteiger partial charge in [0.2, 0.25) is 0 Å². The Morgan fingerprint density at radius 2 is 1.85 bits per heavy atom. The molecule has 0 saturated carbocycles. The van der Waals surface area contributed by atoms with E-state index in [0.717, 1.165) is 40.1 Å². The molecule has 3 aromatic heterocycles. The van der Waals surface area contributed by atoms with Gasteiger partial charge >= 0.3 is 0 Å². The molecule has 5 heteroatoms. The fourth-order valence-corrected chi connectivity index (χ4v) is 5.11. The van der Waals surface area contributed by atoms with Gasteiger partial charge in [-0.15, -0.1) is 16.4 Å². The smallest absolute Gasteiger partial charge is 0.182 e. The fraction of sp³-hybridized carbons (Fsp3) is 0.136. The van der Waals surface area contributed by atoms with Gasteiger partial charge in [0.15, 0.2) is 11.5 Å². The highest BCUT2D eigenvalue weighted by atomic mass is 32.1. The van der Waals surface area contributed by atoms with Gasteiger partial charge in [0.25, 0.3) is 0 Å². The molecule has 0 amide bonds. The van der Waals surface area contributed by atoms with Gasteiger partial charge in [0.05, 0.1) is 5.39 Å². The molecule has 27 heavy (non-hydrogen) atoms. The molecular weight excluding hydrogens is 352 g/mol. The molecule has 2 aromatic carbocycles. The van der Waals surface area contributed by atoms with Crippen molar-refractivity contribution in [3.63, 3.8) is 0 Å². The molecule has 4 nitrogen and oxygen atoms in total. The molecule has 5 aromatic rings. The lowest BCUT2D eigenvalue weighted by Gasteiger charge is -2.16. The summed E-state index contributed by atoms with van der Waals surface area (Å²) in [4.78, 5) is 12.1. The number of fused-ring (bicyclic) bond motifs is 7. The fourth-order valence-electron chi connectivity index (χ4n) is 3.96. The van der Waals surface area contributed by atoms with Crippen LogP contribution in [0.3, 0.4) is 0 Å². The second-order valence-electron chi connectivity index (χ2n) is 7.05. The zero-order valence-corrected chi connectivity index (χ0v) is 15.6. The molecule has 0 unspecified atom stereocenters. The summed E-state index contributed by atoms with van der Waals surface area (Å²) in [5.74, 6) is 0.744. The summed E-state index contributed by atoms with van der Waals surface area (Å²) in [6.45, 7) is 2.09. The lowest BCUT2D eigenvalue weighted by molar-refractivity contribution is 0.939. The van der Waals surface area contributed by atoms with Crippen LogP contribution in [0.1, 0.15) is 16.0 Å². The maximum atomic E-state index is 4.91. The van der Waals surface area contributed by atoms with E-state index < -0.39 is 0 Å². The summed E-state index contributed by atoms with van der Waals surface area (Å²) in [5, 5.41) is 5.83. The molecule has 0 aliphatic heterocycles. The molecule has 130 valence electrons. The van der Waals surface area contributed by atoms with Crippen LogP contribution in [-0.2, 0) is 12.8 Å². The number of rotatable bonds is 1. The summed E-state index contributed by atoms with van der Waals surface area (Å²) < 4.78 is 1.82. The monoisotopic (exact) mass is 368 g/mol. The minimum atomic E-state index is 0.744. The summed E-state index contributed by atoms with van der Waals surface area (Å²) in [6.07, 6.45) is 3.95. The van der Waals surface area contributed by atoms with Crippen molar-refractivity contribution in [2.75, 3.05) is 0 Å². The molecule has 0 saturated heterocycles. The van der Waals surface area contributed by atoms with Crippen molar-refractivity contribution >= 4 is 27.2 Å². The molecule has 0 fully saturated rings. The standard InChI is InChI=1S/C22H16N4S/c1-13-6-8-15(9-7-13)20-24-21-19-18-16-5-3-2-4-14(16)10-11-17(18)27-22(19)23-12-26(21)25-20/h2-9,12H,10-11H2,1H3. The topological polar surface area (TPSA) is 43.1 Å². The Bertz CT molecular complexity index is 1330. The van der Waals surface area contributed by atoms with Crippen LogP contribution in [-0.4, -0.2) is 19.6 Å². The Kier molecular flexibility index (Phi) is 3.05. The highest BCUT2D eigenvalue weighted by molar-refractivity contribution is 7.19. The van der Waals surface area contributed by atoms with E-state index >= 15 is 0 Å². The van der Waals surface area contributed by atoms with E-state index in [0.29, 0.717) is 0 Å². The average Bonchev–Trinajstić information content (AvgIpc) is 3.29. The van der Waals surface area contributed by atoms with E-state index in [4.69, 9.17) is 10.1 Å². The van der Waals surface area contributed by atoms with Gasteiger partial charge in [0, 0.05) is 16.0 Å². The highest BCUT2D eigenvalue weighted by Gasteiger charge is 2.24. The number of nitrogens with zero attached hydrogens (tertiary/aromatic N) is 4. The Morgan fingerprint density at radius 3 is 2.74 bits per heavy atom. The first-order chi connectivity index (χ1) is 13.3. The van der Waals surface area contributed by atoms with Gasteiger partial charge in [-0.2, -0.15) is 0 Å². The molecule has 0 spiro atoms. The number of hydrogen-bond acceptors (Lipinski definition) is 4. The number of aromatic nitrogens is 4. The molecular formula is C22H16N4S. The molecule has 0 atom stereocenters. The Hall–Kier alpha value is -3.05. The Labute approximate surface area is 160 Å². The molecule has 3 heterocycles. The molecule has 0 N–H and O–H groups in total. The van der Waals surface area contributed by atoms with Crippen LogP contribution in [0.15, 0.2) is 54.9 Å². The Balaban J connectivity index is 1.66. The highest BCUT2D eigenvalue weighted by Crippen LogP contribution is 2.44. The first kappa shape index (κ1) is 15.1. The zero-order chi connectivity index (χ0) is 18.0. The van der Waals surface area contributed by atoms with Crippen molar-refractivity contribution in [3.8, 4) is 22.5 Å². The molecule has 0 radical (unpaired) electrons. The molecule has 0 bridgehead atoms. The van der Waals surface area contributed by atoms with E-state index in [9.17, 15) is 0 Å². The van der Waals surface area contributed by atoms with Crippen LogP contribution in [0.25, 0.3) is 38.4 Å². The van der Waals surface area contributed by atoms with Crippen LogP contribution >= 0.6 is 11.3 Å². The molecule has 1 aliphatic carbocycles. The minimum absolute atomic E-state index is 0.744. The normalized spacial score (nSPS) is 13.1. The van der Waals surface area contributed by atoms with Crippen molar-refractivity contribution in [3.05, 3.63) is 70.9 Å². The van der Waals surface area contributed by atoms with E-state index in [1.807, 2.05) is 4.52 Å². The molecule has 6 rings (SSSR count). The summed E-state index contributed by atoms with van der Waals surface area (Å²) in [7, 11) is 0. The predicted octanol–water partition coefficient (Wildman–Crippen LogP) is 5.08. The van der Waals surface area contributed by atoms with Crippen LogP contribution < -0.4 is 0 Å². The lowest BCUT2D eigenvalue weighted by Crippen LogP contribution is -2.01. The molecule has 1 aliphatic rings.